The summed E-state index contributed by atoms with van der Waals surface area (Å²) in [5.41, 5.74) is 3.27. The van der Waals surface area contributed by atoms with Crippen molar-refractivity contribution in [2.75, 3.05) is 26.2 Å². The summed E-state index contributed by atoms with van der Waals surface area (Å²) in [5, 5.41) is 18.4. The predicted octanol–water partition coefficient (Wildman–Crippen LogP) is 2.83. The van der Waals surface area contributed by atoms with Gasteiger partial charge in [0, 0.05) is 25.2 Å². The number of aryl methyl sites for hydroxylation is 1. The zero-order valence-corrected chi connectivity index (χ0v) is 16.3. The number of benzene rings is 1. The van der Waals surface area contributed by atoms with E-state index in [2.05, 4.69) is 27.4 Å². The normalized spacial score (nSPS) is 16.3. The van der Waals surface area contributed by atoms with Crippen LogP contribution in [0.1, 0.15) is 36.1 Å². The van der Waals surface area contributed by atoms with Crippen molar-refractivity contribution in [2.45, 2.75) is 45.4 Å². The van der Waals surface area contributed by atoms with Crippen LogP contribution in [0.2, 0.25) is 5.15 Å². The number of aliphatic hydroxyl groups is 1. The van der Waals surface area contributed by atoms with E-state index in [1.54, 1.807) is 0 Å². The molecule has 1 aliphatic heterocycles. The van der Waals surface area contributed by atoms with Crippen molar-refractivity contribution in [2.24, 2.45) is 0 Å². The molecule has 0 radical (unpaired) electrons. The summed E-state index contributed by atoms with van der Waals surface area (Å²) < 4.78 is 1.88. The molecule has 2 aromatic rings. The van der Waals surface area contributed by atoms with Crippen LogP contribution in [0, 0.1) is 6.92 Å². The first-order valence-corrected chi connectivity index (χ1v) is 9.88. The van der Waals surface area contributed by atoms with Gasteiger partial charge in [-0.2, -0.15) is 5.10 Å². The summed E-state index contributed by atoms with van der Waals surface area (Å²) in [5.74, 6) is 0. The van der Waals surface area contributed by atoms with Gasteiger partial charge in [-0.1, -0.05) is 41.9 Å². The summed E-state index contributed by atoms with van der Waals surface area (Å²) in [6.45, 7) is 7.53. The number of piperidine rings is 1. The quantitative estimate of drug-likeness (QED) is 0.695. The molecule has 3 rings (SSSR count). The Labute approximate surface area is 161 Å². The lowest BCUT2D eigenvalue weighted by molar-refractivity contribution is 0.0821. The Morgan fingerprint density at radius 3 is 2.69 bits per heavy atom. The standard InChI is InChI=1S/C20H29ClN4O/c1-16-19(14-22-10-5-11-24-12-8-18(26)9-13-24)20(21)25(23-16)15-17-6-3-2-4-7-17/h2-4,6-7,18,22,26H,5,8-15H2,1H3. The van der Waals surface area contributed by atoms with Crippen molar-refractivity contribution in [3.8, 4) is 0 Å². The van der Waals surface area contributed by atoms with E-state index in [0.29, 0.717) is 6.54 Å². The van der Waals surface area contributed by atoms with Gasteiger partial charge in [-0.25, -0.2) is 4.68 Å². The maximum Gasteiger partial charge on any atom is 0.132 e. The summed E-state index contributed by atoms with van der Waals surface area (Å²) >= 11 is 6.56. The summed E-state index contributed by atoms with van der Waals surface area (Å²) in [7, 11) is 0. The van der Waals surface area contributed by atoms with E-state index in [9.17, 15) is 5.11 Å². The van der Waals surface area contributed by atoms with Crippen LogP contribution in [-0.4, -0.2) is 52.1 Å². The molecule has 1 saturated heterocycles. The smallest absolute Gasteiger partial charge is 0.132 e. The van der Waals surface area contributed by atoms with Crippen LogP contribution in [0.25, 0.3) is 0 Å². The molecule has 0 aliphatic carbocycles. The van der Waals surface area contributed by atoms with Crippen LogP contribution >= 0.6 is 11.6 Å². The maximum absolute atomic E-state index is 9.55. The van der Waals surface area contributed by atoms with E-state index in [4.69, 9.17) is 11.6 Å². The van der Waals surface area contributed by atoms with Gasteiger partial charge in [0.05, 0.1) is 18.3 Å². The molecule has 5 nitrogen and oxygen atoms in total. The van der Waals surface area contributed by atoms with Crippen molar-refractivity contribution in [3.63, 3.8) is 0 Å². The molecule has 2 heterocycles. The number of halogens is 1. The molecular formula is C20H29ClN4O. The Kier molecular flexibility index (Phi) is 7.08. The summed E-state index contributed by atoms with van der Waals surface area (Å²) in [6, 6.07) is 10.3. The molecule has 0 saturated carbocycles. The molecular weight excluding hydrogens is 348 g/mol. The molecule has 0 spiro atoms. The average Bonchev–Trinajstić information content (AvgIpc) is 2.91. The van der Waals surface area contributed by atoms with Crippen LogP contribution in [0.15, 0.2) is 30.3 Å². The maximum atomic E-state index is 9.55. The Hall–Kier alpha value is -1.40. The third kappa shape index (κ3) is 5.30. The number of hydrogen-bond acceptors (Lipinski definition) is 4. The van der Waals surface area contributed by atoms with Crippen LogP contribution in [0.4, 0.5) is 0 Å². The minimum Gasteiger partial charge on any atom is -0.393 e. The third-order valence-corrected chi connectivity index (χ3v) is 5.47. The molecule has 0 atom stereocenters. The molecule has 0 unspecified atom stereocenters. The van der Waals surface area contributed by atoms with Crippen molar-refractivity contribution >= 4 is 11.6 Å². The Balaban J connectivity index is 1.43. The second-order valence-corrected chi connectivity index (χ2v) is 7.46. The third-order valence-electron chi connectivity index (χ3n) is 5.05. The number of aromatic nitrogens is 2. The van der Waals surface area contributed by atoms with Crippen molar-refractivity contribution in [1.82, 2.24) is 20.0 Å². The largest absolute Gasteiger partial charge is 0.393 e. The molecule has 1 aromatic carbocycles. The highest BCUT2D eigenvalue weighted by molar-refractivity contribution is 6.30. The van der Waals surface area contributed by atoms with Gasteiger partial charge in [-0.3, -0.25) is 0 Å². The van der Waals surface area contributed by atoms with Gasteiger partial charge in [-0.05, 0) is 44.8 Å². The van der Waals surface area contributed by atoms with Gasteiger partial charge in [-0.15, -0.1) is 0 Å². The fourth-order valence-electron chi connectivity index (χ4n) is 3.44. The molecule has 142 valence electrons. The lowest BCUT2D eigenvalue weighted by atomic mass is 10.1. The minimum atomic E-state index is -0.0954. The Morgan fingerprint density at radius 2 is 1.96 bits per heavy atom. The highest BCUT2D eigenvalue weighted by Gasteiger charge is 2.16. The lowest BCUT2D eigenvalue weighted by Gasteiger charge is -2.29. The van der Waals surface area contributed by atoms with Crippen LogP contribution in [-0.2, 0) is 13.1 Å². The lowest BCUT2D eigenvalue weighted by Crippen LogP contribution is -2.37. The van der Waals surface area contributed by atoms with Gasteiger partial charge in [0.25, 0.3) is 0 Å². The van der Waals surface area contributed by atoms with Gasteiger partial charge in [0.2, 0.25) is 0 Å². The van der Waals surface area contributed by atoms with Gasteiger partial charge in [0.1, 0.15) is 5.15 Å². The number of nitrogens with one attached hydrogen (secondary N) is 1. The Bertz CT molecular complexity index is 681. The Morgan fingerprint density at radius 1 is 1.23 bits per heavy atom. The first-order chi connectivity index (χ1) is 12.6. The zero-order valence-electron chi connectivity index (χ0n) is 15.5. The second-order valence-electron chi connectivity index (χ2n) is 7.10. The topological polar surface area (TPSA) is 53.3 Å². The summed E-state index contributed by atoms with van der Waals surface area (Å²) in [4.78, 5) is 2.44. The number of hydrogen-bond donors (Lipinski definition) is 2. The predicted molar refractivity (Wildman–Crippen MR) is 106 cm³/mol. The fourth-order valence-corrected chi connectivity index (χ4v) is 3.74. The average molecular weight is 377 g/mol. The van der Waals surface area contributed by atoms with E-state index < -0.39 is 0 Å². The number of aliphatic hydroxyl groups excluding tert-OH is 1. The first-order valence-electron chi connectivity index (χ1n) is 9.50. The second kappa shape index (κ2) is 9.51. The van der Waals surface area contributed by atoms with E-state index in [0.717, 1.165) is 68.4 Å². The number of nitrogens with zero attached hydrogens (tertiary/aromatic N) is 3. The van der Waals surface area contributed by atoms with Crippen molar-refractivity contribution in [3.05, 3.63) is 52.3 Å². The van der Waals surface area contributed by atoms with Gasteiger partial charge in [0.15, 0.2) is 0 Å². The van der Waals surface area contributed by atoms with E-state index in [-0.39, 0.29) is 6.10 Å². The minimum absolute atomic E-state index is 0.0954. The molecule has 2 N–H and O–H groups in total. The molecule has 26 heavy (non-hydrogen) atoms. The molecule has 1 aliphatic rings. The molecule has 0 amide bonds. The molecule has 1 aromatic heterocycles. The van der Waals surface area contributed by atoms with Crippen LogP contribution in [0.3, 0.4) is 0 Å². The van der Waals surface area contributed by atoms with Gasteiger partial charge >= 0.3 is 0 Å². The molecule has 1 fully saturated rings. The number of likely N-dealkylation sites (tertiary alicyclic amines) is 1. The van der Waals surface area contributed by atoms with Crippen molar-refractivity contribution in [1.29, 1.82) is 0 Å². The summed E-state index contributed by atoms with van der Waals surface area (Å²) in [6.07, 6.45) is 2.82. The van der Waals surface area contributed by atoms with Crippen LogP contribution < -0.4 is 5.32 Å². The monoisotopic (exact) mass is 376 g/mol. The number of rotatable bonds is 8. The fraction of sp³-hybridized carbons (Fsp3) is 0.550. The van der Waals surface area contributed by atoms with E-state index >= 15 is 0 Å². The highest BCUT2D eigenvalue weighted by Crippen LogP contribution is 2.20. The molecule has 6 heteroatoms. The SMILES string of the molecule is Cc1nn(Cc2ccccc2)c(Cl)c1CNCCCN1CCC(O)CC1. The van der Waals surface area contributed by atoms with Crippen LogP contribution in [0.5, 0.6) is 0 Å². The van der Waals surface area contributed by atoms with E-state index in [1.807, 2.05) is 29.8 Å². The van der Waals surface area contributed by atoms with E-state index in [1.165, 1.54) is 5.56 Å². The van der Waals surface area contributed by atoms with Crippen molar-refractivity contribution < 1.29 is 5.11 Å². The highest BCUT2D eigenvalue weighted by atomic mass is 35.5. The zero-order chi connectivity index (χ0) is 18.4. The molecule has 0 bridgehead atoms. The van der Waals surface area contributed by atoms with Gasteiger partial charge < -0.3 is 15.3 Å². The first kappa shape index (κ1) is 19.4.